The van der Waals surface area contributed by atoms with Gasteiger partial charge in [0.05, 0.1) is 27.1 Å². The van der Waals surface area contributed by atoms with Crippen LogP contribution in [0.3, 0.4) is 0 Å². The van der Waals surface area contributed by atoms with Gasteiger partial charge in [0.1, 0.15) is 0 Å². The summed E-state index contributed by atoms with van der Waals surface area (Å²) in [6.45, 7) is 7.78. The Hall–Kier alpha value is -3.84. The Morgan fingerprint density at radius 3 is 2.49 bits per heavy atom. The van der Waals surface area contributed by atoms with Gasteiger partial charge < -0.3 is 20.1 Å². The quantitative estimate of drug-likeness (QED) is 0.265. The van der Waals surface area contributed by atoms with E-state index < -0.39 is 11.4 Å². The number of piperidine rings is 1. The molecule has 4 heterocycles. The van der Waals surface area contributed by atoms with E-state index in [0.717, 1.165) is 31.8 Å². The van der Waals surface area contributed by atoms with Crippen LogP contribution in [0.4, 0.5) is 15.9 Å². The van der Waals surface area contributed by atoms with Crippen LogP contribution in [0.25, 0.3) is 31.8 Å². The van der Waals surface area contributed by atoms with Gasteiger partial charge in [0.15, 0.2) is 5.13 Å². The molecule has 0 saturated carbocycles. The van der Waals surface area contributed by atoms with Gasteiger partial charge in [-0.2, -0.15) is 0 Å². The molecular weight excluding hydrogens is 538 g/mol. The second-order valence-electron chi connectivity index (χ2n) is 9.42. The molecule has 0 spiro atoms. The number of amides is 2. The molecule has 1 aromatic carbocycles. The minimum Gasteiger partial charge on any atom is -0.481 e. The van der Waals surface area contributed by atoms with Crippen molar-refractivity contribution in [1.29, 1.82) is 0 Å². The molecule has 3 aromatic heterocycles. The summed E-state index contributed by atoms with van der Waals surface area (Å²) in [4.78, 5) is 44.9. The van der Waals surface area contributed by atoms with E-state index in [1.165, 1.54) is 22.7 Å². The van der Waals surface area contributed by atoms with Gasteiger partial charge in [-0.05, 0) is 51.3 Å². The lowest BCUT2D eigenvalue weighted by Gasteiger charge is -2.36. The SMILES string of the molecule is CCNC(=O)Nc1nc2cc(-c3cnc(N4CCC(C)(C(=O)O)CC4)nc3)cc(-c3cnc(OCC)s3)c2s1. The highest BCUT2D eigenvalue weighted by atomic mass is 32.1. The maximum atomic E-state index is 12.1. The number of fused-ring (bicyclic) bond motifs is 1. The Kier molecular flexibility index (Phi) is 7.62. The first-order valence-corrected chi connectivity index (χ1v) is 14.3. The number of nitrogens with zero attached hydrogens (tertiary/aromatic N) is 5. The van der Waals surface area contributed by atoms with Crippen LogP contribution in [0, 0.1) is 5.41 Å². The van der Waals surface area contributed by atoms with Crippen molar-refractivity contribution in [3.63, 3.8) is 0 Å². The third-order valence-corrected chi connectivity index (χ3v) is 8.67. The lowest BCUT2D eigenvalue weighted by molar-refractivity contribution is -0.149. The van der Waals surface area contributed by atoms with E-state index in [1.54, 1.807) is 25.5 Å². The van der Waals surface area contributed by atoms with Crippen molar-refractivity contribution in [3.05, 3.63) is 30.7 Å². The number of carboxylic acid groups (broad SMARTS) is 1. The van der Waals surface area contributed by atoms with Crippen LogP contribution in [0.1, 0.15) is 33.6 Å². The van der Waals surface area contributed by atoms with Crippen molar-refractivity contribution >= 4 is 56.0 Å². The number of carbonyl (C=O) groups excluding carboxylic acids is 1. The Morgan fingerprint density at radius 1 is 1.08 bits per heavy atom. The number of urea groups is 1. The molecule has 0 atom stereocenters. The van der Waals surface area contributed by atoms with E-state index in [0.29, 0.717) is 55.4 Å². The first-order valence-electron chi connectivity index (χ1n) is 12.7. The minimum absolute atomic E-state index is 0.305. The molecule has 4 aromatic rings. The topological polar surface area (TPSA) is 142 Å². The van der Waals surface area contributed by atoms with Crippen molar-refractivity contribution in [2.24, 2.45) is 5.41 Å². The molecule has 2 amide bonds. The van der Waals surface area contributed by atoms with Crippen molar-refractivity contribution in [1.82, 2.24) is 25.3 Å². The van der Waals surface area contributed by atoms with Crippen LogP contribution in [0.2, 0.25) is 0 Å². The van der Waals surface area contributed by atoms with Crippen LogP contribution in [0.5, 0.6) is 5.19 Å². The number of carboxylic acids is 1. The van der Waals surface area contributed by atoms with Gasteiger partial charge in [-0.3, -0.25) is 10.1 Å². The Balaban J connectivity index is 1.47. The number of aromatic nitrogens is 4. The zero-order valence-corrected chi connectivity index (χ0v) is 23.5. The Labute approximate surface area is 233 Å². The number of anilines is 2. The third-order valence-electron chi connectivity index (χ3n) is 6.70. The van der Waals surface area contributed by atoms with Crippen molar-refractivity contribution < 1.29 is 19.4 Å². The molecular formula is C26H29N7O4S2. The van der Waals surface area contributed by atoms with Crippen molar-refractivity contribution in [2.45, 2.75) is 33.6 Å². The van der Waals surface area contributed by atoms with Gasteiger partial charge in [0.25, 0.3) is 5.19 Å². The summed E-state index contributed by atoms with van der Waals surface area (Å²) >= 11 is 2.85. The minimum atomic E-state index is -0.759. The zero-order chi connectivity index (χ0) is 27.6. The molecule has 11 nitrogen and oxygen atoms in total. The molecule has 1 fully saturated rings. The van der Waals surface area contributed by atoms with E-state index in [2.05, 4.69) is 36.6 Å². The largest absolute Gasteiger partial charge is 0.481 e. The predicted octanol–water partition coefficient (Wildman–Crippen LogP) is 5.11. The highest BCUT2D eigenvalue weighted by Gasteiger charge is 2.37. The summed E-state index contributed by atoms with van der Waals surface area (Å²) in [5.41, 5.74) is 2.65. The van der Waals surface area contributed by atoms with Gasteiger partial charge in [-0.25, -0.2) is 24.7 Å². The van der Waals surface area contributed by atoms with Crippen LogP contribution < -0.4 is 20.3 Å². The molecule has 39 heavy (non-hydrogen) atoms. The van der Waals surface area contributed by atoms with Crippen LogP contribution in [-0.2, 0) is 4.79 Å². The zero-order valence-electron chi connectivity index (χ0n) is 21.9. The molecule has 0 aliphatic carbocycles. The normalized spacial score (nSPS) is 14.8. The molecule has 204 valence electrons. The molecule has 3 N–H and O–H groups in total. The molecule has 0 radical (unpaired) electrons. The second kappa shape index (κ2) is 11.1. The third kappa shape index (κ3) is 5.64. The summed E-state index contributed by atoms with van der Waals surface area (Å²) in [5, 5.41) is 16.1. The number of aliphatic carboxylic acids is 1. The van der Waals surface area contributed by atoms with E-state index in [9.17, 15) is 14.7 Å². The van der Waals surface area contributed by atoms with Gasteiger partial charge in [-0.15, -0.1) is 0 Å². The average molecular weight is 568 g/mol. The van der Waals surface area contributed by atoms with Gasteiger partial charge >= 0.3 is 12.0 Å². The van der Waals surface area contributed by atoms with E-state index in [4.69, 9.17) is 4.74 Å². The fraction of sp³-hybridized carbons (Fsp3) is 0.385. The summed E-state index contributed by atoms with van der Waals surface area (Å²) in [7, 11) is 0. The lowest BCUT2D eigenvalue weighted by Crippen LogP contribution is -2.43. The molecule has 1 aliphatic rings. The number of thiazole rings is 2. The first-order chi connectivity index (χ1) is 18.8. The summed E-state index contributed by atoms with van der Waals surface area (Å²) in [6.07, 6.45) is 6.42. The smallest absolute Gasteiger partial charge is 0.321 e. The van der Waals surface area contributed by atoms with Crippen LogP contribution in [0.15, 0.2) is 30.7 Å². The van der Waals surface area contributed by atoms with Crippen molar-refractivity contribution in [2.75, 3.05) is 36.5 Å². The van der Waals surface area contributed by atoms with Crippen LogP contribution in [-0.4, -0.2) is 63.3 Å². The highest BCUT2D eigenvalue weighted by molar-refractivity contribution is 7.23. The number of rotatable bonds is 8. The van der Waals surface area contributed by atoms with Gasteiger partial charge in [0.2, 0.25) is 5.95 Å². The standard InChI is InChI=1S/C26H29N7O4S2/c1-4-27-23(36)32-24-31-18-11-15(10-17(20(18)39-24)19-14-30-25(38-19)37-5-2)16-12-28-22(29-13-16)33-8-6-26(3,7-9-33)21(34)35/h10-14H,4-9H2,1-3H3,(H,34,35)(H2,27,31,32,36). The molecule has 0 unspecified atom stereocenters. The van der Waals surface area contributed by atoms with Gasteiger partial charge in [0, 0.05) is 49.4 Å². The van der Waals surface area contributed by atoms with Crippen molar-refractivity contribution in [3.8, 4) is 26.8 Å². The monoisotopic (exact) mass is 567 g/mol. The summed E-state index contributed by atoms with van der Waals surface area (Å²) < 4.78 is 6.51. The molecule has 5 rings (SSSR count). The molecule has 0 bridgehead atoms. The number of hydrogen-bond donors (Lipinski definition) is 3. The number of nitrogens with one attached hydrogen (secondary N) is 2. The fourth-order valence-electron chi connectivity index (χ4n) is 4.36. The number of hydrogen-bond acceptors (Lipinski definition) is 10. The molecule has 1 saturated heterocycles. The summed E-state index contributed by atoms with van der Waals surface area (Å²) in [5.74, 6) is -0.177. The van der Waals surface area contributed by atoms with Crippen LogP contribution >= 0.6 is 22.7 Å². The number of ether oxygens (including phenoxy) is 1. The Morgan fingerprint density at radius 2 is 1.82 bits per heavy atom. The fourth-order valence-corrected chi connectivity index (χ4v) is 6.24. The maximum Gasteiger partial charge on any atom is 0.321 e. The first kappa shape index (κ1) is 26.8. The van der Waals surface area contributed by atoms with E-state index >= 15 is 0 Å². The predicted molar refractivity (Wildman–Crippen MR) is 153 cm³/mol. The maximum absolute atomic E-state index is 12.1. The second-order valence-corrected chi connectivity index (χ2v) is 11.4. The highest BCUT2D eigenvalue weighted by Crippen LogP contribution is 2.42. The lowest BCUT2D eigenvalue weighted by atomic mass is 9.80. The average Bonchev–Trinajstić information content (AvgIpc) is 3.55. The molecule has 13 heteroatoms. The summed E-state index contributed by atoms with van der Waals surface area (Å²) in [6, 6.07) is 3.71. The Bertz CT molecular complexity index is 1490. The van der Waals surface area contributed by atoms with Gasteiger partial charge in [-0.1, -0.05) is 22.7 Å². The van der Waals surface area contributed by atoms with E-state index in [-0.39, 0.29) is 6.03 Å². The van der Waals surface area contributed by atoms with E-state index in [1.807, 2.05) is 24.8 Å². The number of benzene rings is 1. The molecule has 1 aliphatic heterocycles. The number of carbonyl (C=O) groups is 2.